The van der Waals surface area contributed by atoms with Crippen LogP contribution in [0.2, 0.25) is 0 Å². The predicted octanol–water partition coefficient (Wildman–Crippen LogP) is 4.06. The Labute approximate surface area is 105 Å². The molecule has 0 heterocycles. The van der Waals surface area contributed by atoms with Crippen molar-refractivity contribution < 1.29 is 0 Å². The average molecular weight is 288 g/mol. The van der Waals surface area contributed by atoms with Crippen LogP contribution in [0.3, 0.4) is 0 Å². The van der Waals surface area contributed by atoms with E-state index in [0.717, 1.165) is 6.54 Å². The molecule has 0 atom stereocenters. The van der Waals surface area contributed by atoms with Crippen LogP contribution in [0, 0.1) is 0 Å². The first-order valence-electron chi connectivity index (χ1n) is 5.04. The lowest BCUT2D eigenvalue weighted by Gasteiger charge is -2.18. The Kier molecular flexibility index (Phi) is 4.68. The summed E-state index contributed by atoms with van der Waals surface area (Å²) in [6, 6.07) is 6.56. The summed E-state index contributed by atoms with van der Waals surface area (Å²) in [6.07, 6.45) is 0. The summed E-state index contributed by atoms with van der Waals surface area (Å²) in [5.74, 6) is 0. The van der Waals surface area contributed by atoms with Crippen molar-refractivity contribution in [1.82, 2.24) is 5.32 Å². The molecule has 0 amide bonds. The van der Waals surface area contributed by atoms with Crippen molar-refractivity contribution in [2.24, 2.45) is 0 Å². The molecule has 0 bridgehead atoms. The van der Waals surface area contributed by atoms with Crippen LogP contribution in [-0.2, 0) is 6.54 Å². The first-order chi connectivity index (χ1) is 6.92. The Morgan fingerprint density at radius 1 is 1.33 bits per heavy atom. The van der Waals surface area contributed by atoms with Crippen LogP contribution in [0.15, 0.2) is 27.6 Å². The molecule has 0 saturated heterocycles. The molecule has 0 radical (unpaired) electrons. The van der Waals surface area contributed by atoms with Crippen molar-refractivity contribution in [2.45, 2.75) is 37.0 Å². The van der Waals surface area contributed by atoms with E-state index in [1.807, 2.05) is 18.8 Å². The quantitative estimate of drug-likeness (QED) is 0.842. The van der Waals surface area contributed by atoms with E-state index >= 15 is 0 Å². The summed E-state index contributed by atoms with van der Waals surface area (Å²) in [7, 11) is 1.96. The summed E-state index contributed by atoms with van der Waals surface area (Å²) in [4.78, 5) is 1.31. The highest BCUT2D eigenvalue weighted by molar-refractivity contribution is 9.10. The van der Waals surface area contributed by atoms with Gasteiger partial charge in [0.25, 0.3) is 0 Å². The molecule has 0 aliphatic rings. The monoisotopic (exact) mass is 287 g/mol. The lowest BCUT2D eigenvalue weighted by atomic mass is 10.2. The van der Waals surface area contributed by atoms with Gasteiger partial charge < -0.3 is 5.32 Å². The molecule has 1 aromatic carbocycles. The minimum Gasteiger partial charge on any atom is -0.316 e. The topological polar surface area (TPSA) is 12.0 Å². The van der Waals surface area contributed by atoms with Crippen LogP contribution in [0.4, 0.5) is 0 Å². The van der Waals surface area contributed by atoms with E-state index in [0.29, 0.717) is 0 Å². The lowest BCUT2D eigenvalue weighted by Crippen LogP contribution is -2.07. The van der Waals surface area contributed by atoms with E-state index in [1.165, 1.54) is 14.9 Å². The van der Waals surface area contributed by atoms with Gasteiger partial charge in [0.1, 0.15) is 0 Å². The maximum absolute atomic E-state index is 3.60. The van der Waals surface area contributed by atoms with Gasteiger partial charge in [-0.1, -0.05) is 42.8 Å². The summed E-state index contributed by atoms with van der Waals surface area (Å²) in [5.41, 5.74) is 1.30. The molecule has 0 aromatic heterocycles. The van der Waals surface area contributed by atoms with Gasteiger partial charge >= 0.3 is 0 Å². The Bertz CT molecular complexity index is 331. The first-order valence-corrected chi connectivity index (χ1v) is 6.65. The molecule has 3 heteroatoms. The standard InChI is InChI=1S/C12H18BrNS/c1-12(2,3)15-10-6-5-9(8-14-4)11(13)7-10/h5-7,14H,8H2,1-4H3. The van der Waals surface area contributed by atoms with Crippen molar-refractivity contribution in [3.63, 3.8) is 0 Å². The molecule has 1 rings (SSSR count). The number of thioether (sulfide) groups is 1. The van der Waals surface area contributed by atoms with Gasteiger partial charge in [0.05, 0.1) is 0 Å². The molecular weight excluding hydrogens is 270 g/mol. The highest BCUT2D eigenvalue weighted by Crippen LogP contribution is 2.34. The molecular formula is C12H18BrNS. The van der Waals surface area contributed by atoms with Crippen molar-refractivity contribution in [1.29, 1.82) is 0 Å². The van der Waals surface area contributed by atoms with Crippen molar-refractivity contribution in [3.8, 4) is 0 Å². The fourth-order valence-corrected chi connectivity index (χ4v) is 2.97. The molecule has 0 aliphatic heterocycles. The van der Waals surface area contributed by atoms with Crippen molar-refractivity contribution in [2.75, 3.05) is 7.05 Å². The van der Waals surface area contributed by atoms with E-state index in [9.17, 15) is 0 Å². The van der Waals surface area contributed by atoms with E-state index in [-0.39, 0.29) is 4.75 Å². The molecule has 1 nitrogen and oxygen atoms in total. The molecule has 0 saturated carbocycles. The number of hydrogen-bond acceptors (Lipinski definition) is 2. The van der Waals surface area contributed by atoms with Crippen LogP contribution in [0.5, 0.6) is 0 Å². The number of benzene rings is 1. The zero-order chi connectivity index (χ0) is 11.5. The van der Waals surface area contributed by atoms with Gasteiger partial charge in [0, 0.05) is 20.7 Å². The van der Waals surface area contributed by atoms with E-state index < -0.39 is 0 Å². The van der Waals surface area contributed by atoms with Gasteiger partial charge in [0.15, 0.2) is 0 Å². The normalized spacial score (nSPS) is 11.8. The second-order valence-corrected chi connectivity index (χ2v) is 7.25. The molecule has 1 aromatic rings. The van der Waals surface area contributed by atoms with Crippen LogP contribution in [0.25, 0.3) is 0 Å². The van der Waals surface area contributed by atoms with Gasteiger partial charge in [0.2, 0.25) is 0 Å². The zero-order valence-corrected chi connectivity index (χ0v) is 12.1. The van der Waals surface area contributed by atoms with Crippen molar-refractivity contribution in [3.05, 3.63) is 28.2 Å². The molecule has 0 unspecified atom stereocenters. The molecule has 0 fully saturated rings. The third-order valence-corrected chi connectivity index (χ3v) is 3.66. The van der Waals surface area contributed by atoms with Crippen LogP contribution in [0.1, 0.15) is 26.3 Å². The molecule has 0 spiro atoms. The molecule has 0 aliphatic carbocycles. The molecule has 84 valence electrons. The van der Waals surface area contributed by atoms with Gasteiger partial charge in [-0.3, -0.25) is 0 Å². The number of halogens is 1. The number of hydrogen-bond donors (Lipinski definition) is 1. The van der Waals surface area contributed by atoms with E-state index in [2.05, 4.69) is 60.2 Å². The van der Waals surface area contributed by atoms with Gasteiger partial charge in [-0.25, -0.2) is 0 Å². The summed E-state index contributed by atoms with van der Waals surface area (Å²) in [5, 5.41) is 3.16. The second-order valence-electron chi connectivity index (χ2n) is 4.50. The highest BCUT2D eigenvalue weighted by atomic mass is 79.9. The zero-order valence-electron chi connectivity index (χ0n) is 9.73. The highest BCUT2D eigenvalue weighted by Gasteiger charge is 2.12. The summed E-state index contributed by atoms with van der Waals surface area (Å²) < 4.78 is 1.45. The number of nitrogens with one attached hydrogen (secondary N) is 1. The van der Waals surface area contributed by atoms with Gasteiger partial charge in [-0.05, 0) is 24.7 Å². The Hall–Kier alpha value is 0.01000. The van der Waals surface area contributed by atoms with Crippen molar-refractivity contribution >= 4 is 27.7 Å². The fourth-order valence-electron chi connectivity index (χ4n) is 1.28. The summed E-state index contributed by atoms with van der Waals surface area (Å²) >= 11 is 5.49. The third-order valence-electron chi connectivity index (χ3n) is 1.82. The largest absolute Gasteiger partial charge is 0.316 e. The molecule has 15 heavy (non-hydrogen) atoms. The number of rotatable bonds is 3. The smallest absolute Gasteiger partial charge is 0.0231 e. The average Bonchev–Trinajstić information content (AvgIpc) is 2.07. The second kappa shape index (κ2) is 5.37. The maximum Gasteiger partial charge on any atom is 0.0231 e. The minimum absolute atomic E-state index is 0.268. The van der Waals surface area contributed by atoms with Crippen LogP contribution < -0.4 is 5.32 Å². The maximum atomic E-state index is 3.60. The lowest BCUT2D eigenvalue weighted by molar-refractivity contribution is 0.801. The Balaban J connectivity index is 2.82. The Morgan fingerprint density at radius 3 is 2.47 bits per heavy atom. The molecule has 1 N–H and O–H groups in total. The van der Waals surface area contributed by atoms with Gasteiger partial charge in [-0.15, -0.1) is 11.8 Å². The van der Waals surface area contributed by atoms with E-state index in [4.69, 9.17) is 0 Å². The fraction of sp³-hybridized carbons (Fsp3) is 0.500. The van der Waals surface area contributed by atoms with Gasteiger partial charge in [-0.2, -0.15) is 0 Å². The Morgan fingerprint density at radius 2 is 2.00 bits per heavy atom. The predicted molar refractivity (Wildman–Crippen MR) is 72.5 cm³/mol. The third kappa shape index (κ3) is 4.58. The van der Waals surface area contributed by atoms with Crippen LogP contribution in [-0.4, -0.2) is 11.8 Å². The summed E-state index contributed by atoms with van der Waals surface area (Å²) in [6.45, 7) is 7.59. The minimum atomic E-state index is 0.268. The van der Waals surface area contributed by atoms with E-state index in [1.54, 1.807) is 0 Å². The first kappa shape index (κ1) is 13.1. The van der Waals surface area contributed by atoms with Crippen LogP contribution >= 0.6 is 27.7 Å². The SMILES string of the molecule is CNCc1ccc(SC(C)(C)C)cc1Br.